The monoisotopic (exact) mass is 231 g/mol. The third-order valence-electron chi connectivity index (χ3n) is 2.61. The van der Waals surface area contributed by atoms with E-state index in [1.54, 1.807) is 27.7 Å². The van der Waals surface area contributed by atoms with Crippen molar-refractivity contribution in [2.75, 3.05) is 13.1 Å². The van der Waals surface area contributed by atoms with E-state index in [9.17, 15) is 14.7 Å². The highest BCUT2D eigenvalue weighted by Gasteiger charge is 2.36. The molecule has 0 saturated heterocycles. The van der Waals surface area contributed by atoms with Crippen LogP contribution in [0.1, 0.15) is 27.7 Å². The van der Waals surface area contributed by atoms with Crippen molar-refractivity contribution < 1.29 is 14.7 Å². The van der Waals surface area contributed by atoms with Gasteiger partial charge >= 0.3 is 0 Å². The molecule has 0 saturated carbocycles. The molecule has 2 amide bonds. The smallest absolute Gasteiger partial charge is 0.239 e. The first-order chi connectivity index (χ1) is 7.10. The van der Waals surface area contributed by atoms with Gasteiger partial charge < -0.3 is 21.5 Å². The van der Waals surface area contributed by atoms with Gasteiger partial charge in [-0.2, -0.15) is 0 Å². The number of rotatable bonds is 5. The average Bonchev–Trinajstić information content (AvgIpc) is 2.11. The molecule has 0 bridgehead atoms. The Labute approximate surface area is 95.6 Å². The lowest BCUT2D eigenvalue weighted by molar-refractivity contribution is -0.128. The van der Waals surface area contributed by atoms with Crippen molar-refractivity contribution in [1.82, 2.24) is 10.6 Å². The Hall–Kier alpha value is -1.14. The van der Waals surface area contributed by atoms with Crippen LogP contribution in [0.4, 0.5) is 0 Å². The van der Waals surface area contributed by atoms with Crippen LogP contribution in [0.15, 0.2) is 0 Å². The first kappa shape index (κ1) is 14.9. The van der Waals surface area contributed by atoms with Gasteiger partial charge in [0, 0.05) is 0 Å². The van der Waals surface area contributed by atoms with Crippen LogP contribution in [0.2, 0.25) is 0 Å². The summed E-state index contributed by atoms with van der Waals surface area (Å²) in [4.78, 5) is 22.3. The molecule has 0 spiro atoms. The van der Waals surface area contributed by atoms with Crippen molar-refractivity contribution in [3.05, 3.63) is 0 Å². The first-order valence-electron chi connectivity index (χ1n) is 5.10. The molecule has 0 unspecified atom stereocenters. The number of aliphatic hydroxyl groups is 1. The lowest BCUT2D eigenvalue weighted by Gasteiger charge is -2.38. The van der Waals surface area contributed by atoms with Crippen molar-refractivity contribution in [2.24, 2.45) is 5.73 Å². The zero-order valence-electron chi connectivity index (χ0n) is 10.3. The van der Waals surface area contributed by atoms with Gasteiger partial charge in [-0.25, -0.2) is 0 Å². The van der Waals surface area contributed by atoms with Crippen LogP contribution in [0.25, 0.3) is 0 Å². The fourth-order valence-corrected chi connectivity index (χ4v) is 0.797. The van der Waals surface area contributed by atoms with Gasteiger partial charge in [0.2, 0.25) is 11.8 Å². The third-order valence-corrected chi connectivity index (χ3v) is 2.61. The minimum absolute atomic E-state index is 0.143. The number of carbonyl (C=O) groups excluding carboxylic acids is 2. The molecule has 0 aromatic rings. The van der Waals surface area contributed by atoms with Gasteiger partial charge in [-0.3, -0.25) is 9.59 Å². The Morgan fingerprint density at radius 3 is 2.06 bits per heavy atom. The van der Waals surface area contributed by atoms with E-state index in [1.807, 2.05) is 0 Å². The fraction of sp³-hybridized carbons (Fsp3) is 0.800. The lowest BCUT2D eigenvalue weighted by atomic mass is 9.86. The van der Waals surface area contributed by atoms with Crippen LogP contribution in [-0.2, 0) is 9.59 Å². The Morgan fingerprint density at radius 2 is 1.69 bits per heavy atom. The second-order valence-electron chi connectivity index (χ2n) is 4.71. The normalized spacial score (nSPS) is 12.1. The van der Waals surface area contributed by atoms with Crippen LogP contribution >= 0.6 is 0 Å². The molecule has 0 fully saturated rings. The van der Waals surface area contributed by atoms with Crippen LogP contribution in [0, 0.1) is 0 Å². The topological polar surface area (TPSA) is 104 Å². The summed E-state index contributed by atoms with van der Waals surface area (Å²) in [5, 5.41) is 14.8. The summed E-state index contributed by atoms with van der Waals surface area (Å²) in [7, 11) is 0. The molecule has 16 heavy (non-hydrogen) atoms. The number of amides is 2. The Morgan fingerprint density at radius 1 is 1.19 bits per heavy atom. The number of hydrogen-bond donors (Lipinski definition) is 4. The summed E-state index contributed by atoms with van der Waals surface area (Å²) in [6, 6.07) is 0. The largest absolute Gasteiger partial charge is 0.388 e. The maximum absolute atomic E-state index is 11.4. The number of nitrogens with two attached hydrogens (primary N) is 1. The molecule has 0 radical (unpaired) electrons. The zero-order valence-corrected chi connectivity index (χ0v) is 10.3. The number of carbonyl (C=O) groups is 2. The molecule has 94 valence electrons. The van der Waals surface area contributed by atoms with E-state index in [2.05, 4.69) is 10.6 Å². The minimum Gasteiger partial charge on any atom is -0.388 e. The molecule has 0 rings (SSSR count). The van der Waals surface area contributed by atoms with Crippen LogP contribution in [-0.4, -0.2) is 41.2 Å². The summed E-state index contributed by atoms with van der Waals surface area (Å²) in [5.41, 5.74) is 3.24. The first-order valence-corrected chi connectivity index (χ1v) is 5.10. The van der Waals surface area contributed by atoms with Crippen molar-refractivity contribution in [3.8, 4) is 0 Å². The van der Waals surface area contributed by atoms with E-state index in [0.29, 0.717) is 0 Å². The maximum Gasteiger partial charge on any atom is 0.239 e. The molecule has 6 heteroatoms. The van der Waals surface area contributed by atoms with Crippen molar-refractivity contribution >= 4 is 11.8 Å². The molecule has 0 aliphatic carbocycles. The van der Waals surface area contributed by atoms with E-state index in [1.165, 1.54) is 0 Å². The summed E-state index contributed by atoms with van der Waals surface area (Å²) in [6.07, 6.45) is 0. The van der Waals surface area contributed by atoms with Gasteiger partial charge in [-0.15, -0.1) is 0 Å². The van der Waals surface area contributed by atoms with Crippen LogP contribution in [0.5, 0.6) is 0 Å². The predicted molar refractivity (Wildman–Crippen MR) is 60.6 cm³/mol. The second-order valence-corrected chi connectivity index (χ2v) is 4.71. The fourth-order valence-electron chi connectivity index (χ4n) is 0.797. The van der Waals surface area contributed by atoms with Gasteiger partial charge in [-0.1, -0.05) is 0 Å². The Bertz CT molecular complexity index is 269. The van der Waals surface area contributed by atoms with Gasteiger partial charge in [-0.05, 0) is 27.7 Å². The molecule has 0 heterocycles. The van der Waals surface area contributed by atoms with Crippen molar-refractivity contribution in [1.29, 1.82) is 0 Å². The van der Waals surface area contributed by atoms with Crippen LogP contribution < -0.4 is 16.4 Å². The standard InChI is InChI=1S/C10H21N3O3/c1-9(2,10(3,4)16)13-8(15)6-12-7(14)5-11/h16H,5-6,11H2,1-4H3,(H,12,14)(H,13,15). The highest BCUT2D eigenvalue weighted by molar-refractivity contribution is 5.85. The molecular weight excluding hydrogens is 210 g/mol. The molecule has 0 aliphatic rings. The van der Waals surface area contributed by atoms with E-state index in [-0.39, 0.29) is 19.0 Å². The average molecular weight is 231 g/mol. The van der Waals surface area contributed by atoms with E-state index in [0.717, 1.165) is 0 Å². The lowest BCUT2D eigenvalue weighted by Crippen LogP contribution is -2.59. The Balaban J connectivity index is 4.20. The zero-order chi connectivity index (χ0) is 13.0. The second kappa shape index (κ2) is 5.27. The summed E-state index contributed by atoms with van der Waals surface area (Å²) in [6.45, 7) is 6.32. The summed E-state index contributed by atoms with van der Waals surface area (Å²) in [5.74, 6) is -0.759. The Kier molecular flexibility index (Phi) is 4.89. The van der Waals surface area contributed by atoms with Crippen LogP contribution in [0.3, 0.4) is 0 Å². The summed E-state index contributed by atoms with van der Waals surface area (Å²) < 4.78 is 0. The highest BCUT2D eigenvalue weighted by atomic mass is 16.3. The van der Waals surface area contributed by atoms with E-state index in [4.69, 9.17) is 5.73 Å². The predicted octanol–water partition coefficient (Wildman–Crippen LogP) is -1.27. The third kappa shape index (κ3) is 4.59. The van der Waals surface area contributed by atoms with Crippen molar-refractivity contribution in [3.63, 3.8) is 0 Å². The van der Waals surface area contributed by atoms with Crippen molar-refractivity contribution in [2.45, 2.75) is 38.8 Å². The number of hydrogen-bond acceptors (Lipinski definition) is 4. The quantitative estimate of drug-likeness (QED) is 0.473. The molecule has 0 aromatic carbocycles. The molecule has 0 atom stereocenters. The van der Waals surface area contributed by atoms with E-state index < -0.39 is 17.0 Å². The maximum atomic E-state index is 11.4. The van der Waals surface area contributed by atoms with Gasteiger partial charge in [0.25, 0.3) is 0 Å². The molecular formula is C10H21N3O3. The molecule has 6 nitrogen and oxygen atoms in total. The van der Waals surface area contributed by atoms with Gasteiger partial charge in [0.1, 0.15) is 0 Å². The molecule has 0 aliphatic heterocycles. The highest BCUT2D eigenvalue weighted by Crippen LogP contribution is 2.19. The molecule has 5 N–H and O–H groups in total. The molecule has 0 aromatic heterocycles. The van der Waals surface area contributed by atoms with E-state index >= 15 is 0 Å². The SMILES string of the molecule is CC(C)(O)C(C)(C)NC(=O)CNC(=O)CN. The van der Waals surface area contributed by atoms with Gasteiger partial charge in [0.05, 0.1) is 24.2 Å². The minimum atomic E-state index is -1.06. The summed E-state index contributed by atoms with van der Waals surface area (Å²) >= 11 is 0. The van der Waals surface area contributed by atoms with Gasteiger partial charge in [0.15, 0.2) is 0 Å². The number of nitrogens with one attached hydrogen (secondary N) is 2.